The maximum Gasteiger partial charge on any atom is 0.308 e. The van der Waals surface area contributed by atoms with E-state index < -0.39 is 52.0 Å². The summed E-state index contributed by atoms with van der Waals surface area (Å²) in [5.74, 6) is -1.90. The molecule has 0 aliphatic carbocycles. The number of carbonyl (C=O) groups is 3. The van der Waals surface area contributed by atoms with Crippen molar-refractivity contribution in [3.05, 3.63) is 55.1 Å². The van der Waals surface area contributed by atoms with E-state index >= 15 is 0 Å². The number of ether oxygens (including phenoxy) is 2. The minimum absolute atomic E-state index is 0.0409. The van der Waals surface area contributed by atoms with Crippen LogP contribution in [-0.4, -0.2) is 62.0 Å². The first kappa shape index (κ1) is 31.0. The number of sulfonamides is 1. The second-order valence-corrected chi connectivity index (χ2v) is 11.5. The van der Waals surface area contributed by atoms with Gasteiger partial charge in [0, 0.05) is 12.6 Å². The Morgan fingerprint density at radius 1 is 1.03 bits per heavy atom. The lowest BCUT2D eigenvalue weighted by molar-refractivity contribution is -0.157. The number of fused-ring (bicyclic) bond motifs is 1. The van der Waals surface area contributed by atoms with Crippen LogP contribution in [0.25, 0.3) is 10.8 Å². The summed E-state index contributed by atoms with van der Waals surface area (Å²) < 4.78 is 39.7. The minimum Gasteiger partial charge on any atom is -0.466 e. The number of amides is 1. The molecule has 1 unspecified atom stereocenters. The van der Waals surface area contributed by atoms with Crippen molar-refractivity contribution in [2.45, 2.75) is 76.5 Å². The van der Waals surface area contributed by atoms with Gasteiger partial charge in [-0.3, -0.25) is 14.4 Å². The van der Waals surface area contributed by atoms with Gasteiger partial charge in [0.2, 0.25) is 15.9 Å². The van der Waals surface area contributed by atoms with Gasteiger partial charge in [0.25, 0.3) is 0 Å². The van der Waals surface area contributed by atoms with Crippen molar-refractivity contribution in [3.63, 3.8) is 0 Å². The first-order valence-electron chi connectivity index (χ1n) is 12.6. The maximum atomic E-state index is 13.8. The average molecular weight is 547 g/mol. The monoisotopic (exact) mass is 546 g/mol. The highest BCUT2D eigenvalue weighted by molar-refractivity contribution is 7.89. The molecule has 0 spiro atoms. The van der Waals surface area contributed by atoms with Gasteiger partial charge >= 0.3 is 11.9 Å². The van der Waals surface area contributed by atoms with Crippen molar-refractivity contribution in [1.29, 1.82) is 0 Å². The Kier molecular flexibility index (Phi) is 11.0. The zero-order valence-electron chi connectivity index (χ0n) is 22.7. The molecule has 10 heteroatoms. The number of benzene rings is 2. The molecule has 2 rings (SSSR count). The lowest BCUT2D eigenvalue weighted by Gasteiger charge is -2.33. The molecule has 38 heavy (non-hydrogen) atoms. The number of esters is 2. The third-order valence-corrected chi connectivity index (χ3v) is 7.12. The van der Waals surface area contributed by atoms with Gasteiger partial charge in [-0.1, -0.05) is 43.3 Å². The summed E-state index contributed by atoms with van der Waals surface area (Å²) in [6, 6.07) is 9.83. The van der Waals surface area contributed by atoms with E-state index in [1.165, 1.54) is 23.1 Å². The van der Waals surface area contributed by atoms with E-state index in [9.17, 15) is 22.8 Å². The highest BCUT2D eigenvalue weighted by Gasteiger charge is 2.35. The molecule has 0 aliphatic rings. The summed E-state index contributed by atoms with van der Waals surface area (Å²) in [5, 5.41) is 1.56. The number of hydrogen-bond donors (Lipinski definition) is 1. The number of rotatable bonds is 13. The van der Waals surface area contributed by atoms with Gasteiger partial charge in [0.1, 0.15) is 11.6 Å². The molecule has 1 N–H and O–H groups in total. The van der Waals surface area contributed by atoms with Crippen LogP contribution in [0.4, 0.5) is 0 Å². The standard InChI is InChI=1S/C28H38N2O7S/c1-7-16-30(22(8-2)18-25(31)36-9-3)27(33)24(19-26(32)37-28(4,5)6)29-38(34,35)23-15-14-20-12-10-11-13-21(20)17-23/h7,10-15,17,22,24,29H,1,8-9,16,18-19H2,2-6H3/t22?,24-/m0/s1. The molecular weight excluding hydrogens is 508 g/mol. The SMILES string of the molecule is C=CCN(C(=O)[C@H](CC(=O)OC(C)(C)C)NS(=O)(=O)c1ccc2ccccc2c1)C(CC)CC(=O)OCC. The quantitative estimate of drug-likeness (QED) is 0.298. The van der Waals surface area contributed by atoms with Crippen molar-refractivity contribution >= 4 is 38.6 Å². The Morgan fingerprint density at radius 2 is 1.68 bits per heavy atom. The first-order chi connectivity index (χ1) is 17.8. The molecule has 0 aliphatic heterocycles. The number of hydrogen-bond acceptors (Lipinski definition) is 7. The van der Waals surface area contributed by atoms with Gasteiger partial charge < -0.3 is 14.4 Å². The van der Waals surface area contributed by atoms with Crippen molar-refractivity contribution < 1.29 is 32.3 Å². The maximum absolute atomic E-state index is 13.8. The fraction of sp³-hybridized carbons (Fsp3) is 0.464. The third kappa shape index (κ3) is 8.95. The fourth-order valence-electron chi connectivity index (χ4n) is 3.96. The molecule has 208 valence electrons. The number of carbonyl (C=O) groups excluding carboxylic acids is 3. The highest BCUT2D eigenvalue weighted by Crippen LogP contribution is 2.21. The van der Waals surface area contributed by atoms with E-state index in [0.717, 1.165) is 5.39 Å². The molecule has 1 amide bonds. The molecule has 9 nitrogen and oxygen atoms in total. The van der Waals surface area contributed by atoms with E-state index in [0.29, 0.717) is 11.8 Å². The van der Waals surface area contributed by atoms with E-state index in [-0.39, 0.29) is 24.5 Å². The molecule has 0 fully saturated rings. The van der Waals surface area contributed by atoms with Gasteiger partial charge in [0.05, 0.1) is 24.3 Å². The zero-order chi connectivity index (χ0) is 28.5. The van der Waals surface area contributed by atoms with Crippen LogP contribution in [0, 0.1) is 0 Å². The van der Waals surface area contributed by atoms with Crippen molar-refractivity contribution in [2.24, 2.45) is 0 Å². The summed E-state index contributed by atoms with van der Waals surface area (Å²) in [6.07, 6.45) is 1.26. The summed E-state index contributed by atoms with van der Waals surface area (Å²) in [4.78, 5) is 40.0. The first-order valence-corrected chi connectivity index (χ1v) is 14.1. The van der Waals surface area contributed by atoms with Crippen molar-refractivity contribution in [2.75, 3.05) is 13.2 Å². The fourth-order valence-corrected chi connectivity index (χ4v) is 5.19. The van der Waals surface area contributed by atoms with Crippen molar-refractivity contribution in [1.82, 2.24) is 9.62 Å². The Bertz CT molecular complexity index is 1250. The Morgan fingerprint density at radius 3 is 2.26 bits per heavy atom. The Balaban J connectivity index is 2.44. The smallest absolute Gasteiger partial charge is 0.308 e. The predicted octanol–water partition coefficient (Wildman–Crippen LogP) is 3.96. The summed E-state index contributed by atoms with van der Waals surface area (Å²) in [6.45, 7) is 12.4. The van der Waals surface area contributed by atoms with Crippen LogP contribution in [0.2, 0.25) is 0 Å². The van der Waals surface area contributed by atoms with Crippen LogP contribution in [0.1, 0.15) is 53.9 Å². The van der Waals surface area contributed by atoms with Crippen LogP contribution in [0.15, 0.2) is 60.0 Å². The molecular formula is C28H38N2O7S. The summed E-state index contributed by atoms with van der Waals surface area (Å²) in [5.41, 5.74) is -0.835. The second kappa shape index (κ2) is 13.5. The van der Waals surface area contributed by atoms with Crippen LogP contribution in [-0.2, 0) is 33.9 Å². The average Bonchev–Trinajstić information content (AvgIpc) is 2.83. The van der Waals surface area contributed by atoms with E-state index in [1.807, 2.05) is 12.1 Å². The molecule has 0 radical (unpaired) electrons. The Hall–Kier alpha value is -3.24. The van der Waals surface area contributed by atoms with Gasteiger partial charge in [0.15, 0.2) is 0 Å². The van der Waals surface area contributed by atoms with Crippen molar-refractivity contribution in [3.8, 4) is 0 Å². The third-order valence-electron chi connectivity index (χ3n) is 5.65. The molecule has 2 aromatic carbocycles. The van der Waals surface area contributed by atoms with E-state index in [4.69, 9.17) is 9.47 Å². The molecule has 0 saturated heterocycles. The van der Waals surface area contributed by atoms with Crippen LogP contribution >= 0.6 is 0 Å². The highest BCUT2D eigenvalue weighted by atomic mass is 32.2. The summed E-state index contributed by atoms with van der Waals surface area (Å²) in [7, 11) is -4.22. The van der Waals surface area contributed by atoms with Gasteiger partial charge in [-0.15, -0.1) is 6.58 Å². The normalized spacial score (nSPS) is 13.4. The lowest BCUT2D eigenvalue weighted by atomic mass is 10.1. The largest absolute Gasteiger partial charge is 0.466 e. The van der Waals surface area contributed by atoms with Gasteiger partial charge in [-0.2, -0.15) is 4.72 Å². The van der Waals surface area contributed by atoms with E-state index in [2.05, 4.69) is 11.3 Å². The minimum atomic E-state index is -4.22. The molecule has 2 atom stereocenters. The lowest BCUT2D eigenvalue weighted by Crippen LogP contribution is -2.53. The van der Waals surface area contributed by atoms with E-state index in [1.54, 1.807) is 52.8 Å². The van der Waals surface area contributed by atoms with Crippen LogP contribution in [0.3, 0.4) is 0 Å². The molecule has 0 bridgehead atoms. The molecule has 0 saturated carbocycles. The van der Waals surface area contributed by atoms with Crippen LogP contribution < -0.4 is 4.72 Å². The molecule has 0 heterocycles. The van der Waals surface area contributed by atoms with Gasteiger partial charge in [-0.25, -0.2) is 8.42 Å². The Labute approximate surface area is 225 Å². The zero-order valence-corrected chi connectivity index (χ0v) is 23.5. The topological polar surface area (TPSA) is 119 Å². The number of nitrogens with one attached hydrogen (secondary N) is 1. The molecule has 2 aromatic rings. The number of nitrogens with zero attached hydrogens (tertiary/aromatic N) is 1. The second-order valence-electron chi connectivity index (χ2n) is 9.82. The molecule has 0 aromatic heterocycles. The van der Waals surface area contributed by atoms with Gasteiger partial charge in [-0.05, 0) is 57.0 Å². The van der Waals surface area contributed by atoms with Crippen LogP contribution in [0.5, 0.6) is 0 Å². The summed E-state index contributed by atoms with van der Waals surface area (Å²) >= 11 is 0. The predicted molar refractivity (Wildman–Crippen MR) is 146 cm³/mol.